The monoisotopic (exact) mass is 511 g/mol. The molecule has 1 amide bonds. The number of amides is 1. The average Bonchev–Trinajstić information content (AvgIpc) is 3.43. The molecule has 36 heavy (non-hydrogen) atoms. The van der Waals surface area contributed by atoms with Gasteiger partial charge >= 0.3 is 0 Å². The number of carbonyl (C=O) groups is 2. The maximum Gasteiger partial charge on any atom is 0.229 e. The molecule has 4 aliphatic rings. The largest absolute Gasteiger partial charge is 0.369 e. The Bertz CT molecular complexity index is 1200. The van der Waals surface area contributed by atoms with Gasteiger partial charge in [0.25, 0.3) is 0 Å². The quantitative estimate of drug-likeness (QED) is 0.559. The first-order valence-electron chi connectivity index (χ1n) is 12.4. The number of Topliss-reactive ketones (excluding diaryl/α,β-unsaturated/α-hetero) is 1. The zero-order valence-corrected chi connectivity index (χ0v) is 20.9. The van der Waals surface area contributed by atoms with Crippen LogP contribution < -0.4 is 21.3 Å². The lowest BCUT2D eigenvalue weighted by atomic mass is 9.83. The summed E-state index contributed by atoms with van der Waals surface area (Å²) in [6.45, 7) is 3.59. The second kappa shape index (κ2) is 9.19. The van der Waals surface area contributed by atoms with Crippen LogP contribution in [-0.4, -0.2) is 76.8 Å². The second-order valence-corrected chi connectivity index (χ2v) is 11.5. The third-order valence-corrected chi connectivity index (χ3v) is 9.54. The van der Waals surface area contributed by atoms with E-state index >= 15 is 0 Å². The number of likely N-dealkylation sites (N-methyl/N-ethyl adjacent to an activating group) is 1. The van der Waals surface area contributed by atoms with Crippen LogP contribution in [0.5, 0.6) is 0 Å². The number of nitrogens with zero attached hydrogens (tertiary/aromatic N) is 4. The third-order valence-electron chi connectivity index (χ3n) is 8.15. The minimum absolute atomic E-state index is 0.0578. The molecule has 2 saturated carbocycles. The van der Waals surface area contributed by atoms with E-state index in [0.29, 0.717) is 17.0 Å². The number of piperazine rings is 1. The number of carbonyl (C=O) groups excluding carboxylic acids is 2. The van der Waals surface area contributed by atoms with E-state index in [0.717, 1.165) is 50.9 Å². The molecule has 2 aromatic rings. The number of thioether (sulfide) groups is 1. The van der Waals surface area contributed by atoms with E-state index in [-0.39, 0.29) is 46.6 Å². The minimum atomic E-state index is -0.580. The van der Waals surface area contributed by atoms with Crippen LogP contribution in [0.25, 0.3) is 0 Å². The van der Waals surface area contributed by atoms with Crippen LogP contribution in [0.4, 0.5) is 27.5 Å². The van der Waals surface area contributed by atoms with Gasteiger partial charge in [0.05, 0.1) is 17.9 Å². The highest BCUT2D eigenvalue weighted by molar-refractivity contribution is 8.00. The first-order valence-corrected chi connectivity index (χ1v) is 13.5. The Morgan fingerprint density at radius 3 is 2.81 bits per heavy atom. The van der Waals surface area contributed by atoms with Gasteiger partial charge in [0.15, 0.2) is 17.4 Å². The molecule has 6 bridgehead atoms. The fourth-order valence-electron chi connectivity index (χ4n) is 6.34. The number of benzene rings is 1. The molecule has 190 valence electrons. The van der Waals surface area contributed by atoms with Crippen LogP contribution in [0.1, 0.15) is 23.2 Å². The van der Waals surface area contributed by atoms with Crippen molar-refractivity contribution < 1.29 is 14.0 Å². The van der Waals surface area contributed by atoms with Gasteiger partial charge in [0.1, 0.15) is 0 Å². The highest BCUT2D eigenvalue weighted by atomic mass is 32.2. The molecule has 1 aromatic carbocycles. The zero-order chi connectivity index (χ0) is 25.0. The van der Waals surface area contributed by atoms with Crippen LogP contribution in [0.2, 0.25) is 0 Å². The van der Waals surface area contributed by atoms with Crippen molar-refractivity contribution in [3.63, 3.8) is 0 Å². The van der Waals surface area contributed by atoms with Crippen LogP contribution in [0, 0.1) is 23.6 Å². The predicted molar refractivity (Wildman–Crippen MR) is 138 cm³/mol. The number of hydrogen-bond acceptors (Lipinski definition) is 9. The van der Waals surface area contributed by atoms with Gasteiger partial charge in [-0.3, -0.25) is 9.59 Å². The lowest BCUT2D eigenvalue weighted by Gasteiger charge is -2.36. The summed E-state index contributed by atoms with van der Waals surface area (Å²) in [5, 5.41) is 6.51. The van der Waals surface area contributed by atoms with Gasteiger partial charge in [-0.25, -0.2) is 9.37 Å². The molecule has 6 rings (SSSR count). The Kier molecular flexibility index (Phi) is 5.99. The number of fused-ring (bicyclic) bond motifs is 5. The van der Waals surface area contributed by atoms with Gasteiger partial charge < -0.3 is 26.2 Å². The summed E-state index contributed by atoms with van der Waals surface area (Å²) < 4.78 is 14.7. The number of nitrogens with two attached hydrogens (primary N) is 1. The third kappa shape index (κ3) is 4.17. The normalized spacial score (nSPS) is 29.9. The predicted octanol–water partition coefficient (Wildman–Crippen LogP) is 2.33. The van der Waals surface area contributed by atoms with Gasteiger partial charge in [-0.05, 0) is 49.9 Å². The molecule has 3 fully saturated rings. The van der Waals surface area contributed by atoms with Crippen LogP contribution in [0.3, 0.4) is 0 Å². The SMILES string of the molecule is CN1CCN(c2ccc3cc2C(=O)CS[C@@H]2C[C@H]4C[C@H]2[C@@H](Nc2nc(ncc2F)N3)[C@H]4C(N)=O)CC1. The molecular formula is C25H30FN7O2S. The van der Waals surface area contributed by atoms with Crippen molar-refractivity contribution >= 4 is 46.6 Å². The fourth-order valence-corrected chi connectivity index (χ4v) is 7.77. The summed E-state index contributed by atoms with van der Waals surface area (Å²) in [6.07, 6.45) is 2.78. The number of halogens is 1. The highest BCUT2D eigenvalue weighted by Crippen LogP contribution is 2.53. The molecular weight excluding hydrogens is 481 g/mol. The molecule has 3 heterocycles. The number of anilines is 4. The number of aromatic nitrogens is 2. The van der Waals surface area contributed by atoms with Gasteiger partial charge in [0, 0.05) is 54.4 Å². The first kappa shape index (κ1) is 23.5. The molecule has 4 N–H and O–H groups in total. The Morgan fingerprint density at radius 2 is 2.03 bits per heavy atom. The molecule has 2 aliphatic heterocycles. The molecule has 0 radical (unpaired) electrons. The maximum absolute atomic E-state index is 14.7. The van der Waals surface area contributed by atoms with E-state index in [1.807, 2.05) is 18.2 Å². The summed E-state index contributed by atoms with van der Waals surface area (Å²) in [6, 6.07) is 5.41. The molecule has 11 heteroatoms. The Balaban J connectivity index is 1.38. The van der Waals surface area contributed by atoms with E-state index in [4.69, 9.17) is 5.73 Å². The number of hydrogen-bond donors (Lipinski definition) is 3. The Morgan fingerprint density at radius 1 is 1.22 bits per heavy atom. The first-order chi connectivity index (χ1) is 17.4. The number of nitrogens with one attached hydrogen (secondary N) is 2. The number of ketones is 1. The number of primary amides is 1. The zero-order valence-electron chi connectivity index (χ0n) is 20.1. The van der Waals surface area contributed by atoms with Gasteiger partial charge in [-0.1, -0.05) is 0 Å². The van der Waals surface area contributed by atoms with Crippen molar-refractivity contribution in [3.05, 3.63) is 35.8 Å². The van der Waals surface area contributed by atoms with E-state index in [1.54, 1.807) is 11.8 Å². The van der Waals surface area contributed by atoms with Crippen molar-refractivity contribution in [2.45, 2.75) is 24.1 Å². The molecule has 1 aromatic heterocycles. The van der Waals surface area contributed by atoms with E-state index in [2.05, 4.69) is 37.4 Å². The van der Waals surface area contributed by atoms with Crippen LogP contribution in [0.15, 0.2) is 24.4 Å². The lowest BCUT2D eigenvalue weighted by Crippen LogP contribution is -2.46. The van der Waals surface area contributed by atoms with Crippen LogP contribution >= 0.6 is 11.8 Å². The molecule has 5 atom stereocenters. The Labute approximate surface area is 213 Å². The smallest absolute Gasteiger partial charge is 0.229 e. The highest BCUT2D eigenvalue weighted by Gasteiger charge is 2.55. The Hall–Kier alpha value is -2.92. The standard InChI is InChI=1S/C25H30FN7O2S/c1-32-4-6-33(7-5-32)18-3-2-14-10-15(18)19(34)12-36-20-9-13-8-16(20)22(21(13)23(27)35)30-24-17(26)11-28-25(29-14)31-24/h2-3,10-11,13,16,20-22H,4-9,12H2,1H3,(H2,27,35)(H2,28,29,30,31)/t13-,16-,20-,21+,22-/m1/s1. The summed E-state index contributed by atoms with van der Waals surface area (Å²) >= 11 is 1.64. The summed E-state index contributed by atoms with van der Waals surface area (Å²) in [7, 11) is 2.11. The van der Waals surface area contributed by atoms with Crippen molar-refractivity contribution in [1.29, 1.82) is 0 Å². The van der Waals surface area contributed by atoms with Gasteiger partial charge in [-0.2, -0.15) is 4.98 Å². The van der Waals surface area contributed by atoms with Crippen molar-refractivity contribution in [3.8, 4) is 0 Å². The average molecular weight is 512 g/mol. The van der Waals surface area contributed by atoms with Crippen molar-refractivity contribution in [1.82, 2.24) is 14.9 Å². The van der Waals surface area contributed by atoms with E-state index < -0.39 is 11.7 Å². The maximum atomic E-state index is 14.7. The molecule has 1 saturated heterocycles. The summed E-state index contributed by atoms with van der Waals surface area (Å²) in [5.74, 6) is -0.424. The molecule has 0 spiro atoms. The summed E-state index contributed by atoms with van der Waals surface area (Å²) in [5.41, 5.74) is 8.04. The van der Waals surface area contributed by atoms with Gasteiger partial charge in [-0.15, -0.1) is 11.8 Å². The van der Waals surface area contributed by atoms with Crippen LogP contribution in [-0.2, 0) is 4.79 Å². The topological polar surface area (TPSA) is 116 Å². The fraction of sp³-hybridized carbons (Fsp3) is 0.520. The van der Waals surface area contributed by atoms with Crippen molar-refractivity contribution in [2.24, 2.45) is 23.5 Å². The van der Waals surface area contributed by atoms with E-state index in [1.165, 1.54) is 0 Å². The molecule has 2 aliphatic carbocycles. The number of rotatable bonds is 2. The summed E-state index contributed by atoms with van der Waals surface area (Å²) in [4.78, 5) is 38.9. The molecule has 9 nitrogen and oxygen atoms in total. The van der Waals surface area contributed by atoms with Gasteiger partial charge in [0.2, 0.25) is 11.9 Å². The lowest BCUT2D eigenvalue weighted by molar-refractivity contribution is -0.123. The second-order valence-electron chi connectivity index (χ2n) is 10.3. The van der Waals surface area contributed by atoms with E-state index in [9.17, 15) is 14.0 Å². The van der Waals surface area contributed by atoms with Crippen molar-refractivity contribution in [2.75, 3.05) is 54.5 Å². The molecule has 0 unspecified atom stereocenters. The minimum Gasteiger partial charge on any atom is -0.369 e.